The third-order valence-electron chi connectivity index (χ3n) is 3.35. The number of piperidine rings is 1. The third-order valence-corrected chi connectivity index (χ3v) is 3.35. The van der Waals surface area contributed by atoms with Crippen LogP contribution in [0.3, 0.4) is 0 Å². The van der Waals surface area contributed by atoms with Crippen molar-refractivity contribution >= 4 is 12.1 Å². The summed E-state index contributed by atoms with van der Waals surface area (Å²) >= 11 is 0. The first kappa shape index (κ1) is 15.8. The third kappa shape index (κ3) is 4.40. The minimum atomic E-state index is -0.491. The van der Waals surface area contributed by atoms with E-state index in [1.54, 1.807) is 4.90 Å². The van der Waals surface area contributed by atoms with E-state index in [1.807, 2.05) is 27.7 Å². The van der Waals surface area contributed by atoms with Gasteiger partial charge in [-0.2, -0.15) is 0 Å². The number of esters is 1. The molecular weight excluding hydrogens is 246 g/mol. The fraction of sp³-hybridized carbons (Fsp3) is 0.857. The Morgan fingerprint density at radius 2 is 1.95 bits per heavy atom. The number of hydrogen-bond donors (Lipinski definition) is 0. The number of methoxy groups -OCH3 is 1. The molecule has 0 aliphatic carbocycles. The monoisotopic (exact) mass is 271 g/mol. The normalized spacial score (nSPS) is 23.9. The molecule has 19 heavy (non-hydrogen) atoms. The predicted octanol–water partition coefficient (Wildman–Crippen LogP) is 2.59. The van der Waals surface area contributed by atoms with Crippen molar-refractivity contribution in [1.82, 2.24) is 4.90 Å². The van der Waals surface area contributed by atoms with E-state index in [1.165, 1.54) is 7.11 Å². The molecule has 1 heterocycles. The zero-order valence-electron chi connectivity index (χ0n) is 12.6. The van der Waals surface area contributed by atoms with Gasteiger partial charge in [-0.05, 0) is 40.0 Å². The Morgan fingerprint density at radius 1 is 1.32 bits per heavy atom. The number of amides is 1. The second kappa shape index (κ2) is 6.26. The van der Waals surface area contributed by atoms with Crippen molar-refractivity contribution in [2.75, 3.05) is 13.7 Å². The summed E-state index contributed by atoms with van der Waals surface area (Å²) in [6.45, 7) is 8.13. The van der Waals surface area contributed by atoms with Crippen molar-refractivity contribution in [3.63, 3.8) is 0 Å². The van der Waals surface area contributed by atoms with Gasteiger partial charge >= 0.3 is 12.1 Å². The lowest BCUT2D eigenvalue weighted by Gasteiger charge is -2.38. The Balaban J connectivity index is 2.67. The largest absolute Gasteiger partial charge is 0.469 e. The van der Waals surface area contributed by atoms with Gasteiger partial charge < -0.3 is 14.4 Å². The van der Waals surface area contributed by atoms with Crippen molar-refractivity contribution in [3.05, 3.63) is 0 Å². The fourth-order valence-corrected chi connectivity index (χ4v) is 2.38. The van der Waals surface area contributed by atoms with E-state index in [0.29, 0.717) is 19.4 Å². The van der Waals surface area contributed by atoms with Crippen LogP contribution in [-0.4, -0.2) is 42.3 Å². The van der Waals surface area contributed by atoms with Crippen LogP contribution in [0.5, 0.6) is 0 Å². The minimum absolute atomic E-state index is 0.0488. The van der Waals surface area contributed by atoms with Gasteiger partial charge in [0.25, 0.3) is 0 Å². The van der Waals surface area contributed by atoms with Crippen LogP contribution >= 0.6 is 0 Å². The number of likely N-dealkylation sites (tertiary alicyclic amines) is 1. The summed E-state index contributed by atoms with van der Waals surface area (Å²) in [5, 5.41) is 0. The van der Waals surface area contributed by atoms with E-state index in [0.717, 1.165) is 6.42 Å². The van der Waals surface area contributed by atoms with Gasteiger partial charge in [-0.3, -0.25) is 4.79 Å². The maximum atomic E-state index is 12.1. The van der Waals surface area contributed by atoms with Gasteiger partial charge in [0.05, 0.1) is 13.0 Å². The van der Waals surface area contributed by atoms with Crippen molar-refractivity contribution in [2.45, 2.75) is 58.6 Å². The minimum Gasteiger partial charge on any atom is -0.469 e. The lowest BCUT2D eigenvalue weighted by molar-refractivity contribution is -0.147. The van der Waals surface area contributed by atoms with Gasteiger partial charge in [0.2, 0.25) is 0 Å². The van der Waals surface area contributed by atoms with Crippen LogP contribution in [0.25, 0.3) is 0 Å². The van der Waals surface area contributed by atoms with Crippen molar-refractivity contribution < 1.29 is 19.1 Å². The van der Waals surface area contributed by atoms with E-state index in [2.05, 4.69) is 0 Å². The zero-order chi connectivity index (χ0) is 14.6. The lowest BCUT2D eigenvalue weighted by atomic mass is 9.90. The molecular formula is C14H25NO4. The highest BCUT2D eigenvalue weighted by Crippen LogP contribution is 2.27. The first-order chi connectivity index (χ1) is 8.78. The summed E-state index contributed by atoms with van der Waals surface area (Å²) < 4.78 is 10.2. The number of hydrogen-bond acceptors (Lipinski definition) is 4. The molecule has 1 saturated heterocycles. The molecule has 0 aromatic rings. The molecule has 1 rings (SSSR count). The van der Waals surface area contributed by atoms with Crippen LogP contribution in [0.15, 0.2) is 0 Å². The number of carbonyl (C=O) groups excluding carboxylic acids is 2. The maximum Gasteiger partial charge on any atom is 0.410 e. The van der Waals surface area contributed by atoms with E-state index in [4.69, 9.17) is 9.47 Å². The topological polar surface area (TPSA) is 55.8 Å². The molecule has 1 fully saturated rings. The average molecular weight is 271 g/mol. The summed E-state index contributed by atoms with van der Waals surface area (Å²) in [5.41, 5.74) is -0.491. The Kier molecular flexibility index (Phi) is 5.20. The van der Waals surface area contributed by atoms with Gasteiger partial charge in [-0.15, -0.1) is 0 Å². The smallest absolute Gasteiger partial charge is 0.410 e. The highest BCUT2D eigenvalue weighted by molar-refractivity contribution is 5.73. The number of ether oxygens (including phenoxy) is 2. The van der Waals surface area contributed by atoms with Crippen LogP contribution in [0.2, 0.25) is 0 Å². The number of rotatable bonds is 2. The van der Waals surface area contributed by atoms with Crippen molar-refractivity contribution in [3.8, 4) is 0 Å². The van der Waals surface area contributed by atoms with Crippen LogP contribution in [0.4, 0.5) is 4.79 Å². The maximum absolute atomic E-state index is 12.1. The van der Waals surface area contributed by atoms with Gasteiger partial charge in [-0.1, -0.05) is 6.92 Å². The summed E-state index contributed by atoms with van der Waals surface area (Å²) in [6.07, 6.45) is 1.82. The highest BCUT2D eigenvalue weighted by atomic mass is 16.6. The molecule has 1 aliphatic rings. The van der Waals surface area contributed by atoms with Crippen LogP contribution < -0.4 is 0 Å². The van der Waals surface area contributed by atoms with Gasteiger partial charge in [0.1, 0.15) is 5.60 Å². The Bertz CT molecular complexity index is 335. The first-order valence-electron chi connectivity index (χ1n) is 6.86. The molecule has 0 aromatic carbocycles. The molecule has 0 radical (unpaired) electrons. The molecule has 1 amide bonds. The number of nitrogens with zero attached hydrogens (tertiary/aromatic N) is 1. The van der Waals surface area contributed by atoms with Crippen molar-refractivity contribution in [1.29, 1.82) is 0 Å². The predicted molar refractivity (Wildman–Crippen MR) is 71.8 cm³/mol. The van der Waals surface area contributed by atoms with Crippen LogP contribution in [0, 0.1) is 5.92 Å². The zero-order valence-corrected chi connectivity index (χ0v) is 12.6. The van der Waals surface area contributed by atoms with E-state index >= 15 is 0 Å². The number of carbonyl (C=O) groups is 2. The molecule has 0 unspecified atom stereocenters. The quantitative estimate of drug-likeness (QED) is 0.724. The van der Waals surface area contributed by atoms with E-state index in [-0.39, 0.29) is 24.0 Å². The molecule has 0 saturated carbocycles. The lowest BCUT2D eigenvalue weighted by Crippen LogP contribution is -2.49. The van der Waals surface area contributed by atoms with E-state index in [9.17, 15) is 9.59 Å². The molecule has 0 N–H and O–H groups in total. The Labute approximate surface area is 115 Å². The molecule has 0 spiro atoms. The molecule has 2 atom stereocenters. The van der Waals surface area contributed by atoms with Crippen molar-refractivity contribution in [2.24, 2.45) is 5.92 Å². The second-order valence-corrected chi connectivity index (χ2v) is 5.98. The summed E-state index contributed by atoms with van der Waals surface area (Å²) in [6, 6.07) is 0.0488. The Hall–Kier alpha value is -1.26. The summed E-state index contributed by atoms with van der Waals surface area (Å²) in [4.78, 5) is 25.4. The standard InChI is InChI=1S/C14H25NO4/c1-6-11-9-10(12(16)18-5)7-8-15(11)13(17)19-14(2,3)4/h10-11H,6-9H2,1-5H3/t10-,11-/m0/s1. The Morgan fingerprint density at radius 3 is 2.42 bits per heavy atom. The molecule has 0 bridgehead atoms. The highest BCUT2D eigenvalue weighted by Gasteiger charge is 2.36. The van der Waals surface area contributed by atoms with Gasteiger partial charge in [-0.25, -0.2) is 4.79 Å². The van der Waals surface area contributed by atoms with Gasteiger partial charge in [0.15, 0.2) is 0 Å². The molecule has 0 aromatic heterocycles. The van der Waals surface area contributed by atoms with Gasteiger partial charge in [0, 0.05) is 12.6 Å². The van der Waals surface area contributed by atoms with Crippen LogP contribution in [0.1, 0.15) is 47.0 Å². The van der Waals surface area contributed by atoms with Crippen LogP contribution in [-0.2, 0) is 14.3 Å². The SMILES string of the molecule is CC[C@H]1C[C@@H](C(=O)OC)CCN1C(=O)OC(C)(C)C. The molecule has 110 valence electrons. The first-order valence-corrected chi connectivity index (χ1v) is 6.86. The van der Waals surface area contributed by atoms with E-state index < -0.39 is 5.60 Å². The molecule has 5 heteroatoms. The molecule has 5 nitrogen and oxygen atoms in total. The second-order valence-electron chi connectivity index (χ2n) is 5.98. The average Bonchev–Trinajstić information content (AvgIpc) is 2.34. The fourth-order valence-electron chi connectivity index (χ4n) is 2.38. The molecule has 1 aliphatic heterocycles. The summed E-state index contributed by atoms with van der Waals surface area (Å²) in [7, 11) is 1.41. The summed E-state index contributed by atoms with van der Waals surface area (Å²) in [5.74, 6) is -0.282.